The first-order chi connectivity index (χ1) is 8.41. The number of allylic oxidation sites excluding steroid dienone is 2. The molecule has 0 heterocycles. The van der Waals surface area contributed by atoms with Crippen LogP contribution in [0.4, 0.5) is 0 Å². The van der Waals surface area contributed by atoms with E-state index in [0.717, 1.165) is 5.57 Å². The largest absolute Gasteiger partial charge is 0.478 e. The lowest BCUT2D eigenvalue weighted by molar-refractivity contribution is -0.141. The molecular weight excluding hydrogens is 232 g/mol. The fourth-order valence-corrected chi connectivity index (χ4v) is 2.72. The molecule has 4 nitrogen and oxygen atoms in total. The molecule has 0 fully saturated rings. The number of ether oxygens (including phenoxy) is 1. The summed E-state index contributed by atoms with van der Waals surface area (Å²) in [5, 5.41) is 9.26. The Hall–Kier alpha value is -1.58. The van der Waals surface area contributed by atoms with E-state index in [4.69, 9.17) is 4.74 Å². The molecule has 2 bridgehead atoms. The van der Waals surface area contributed by atoms with Gasteiger partial charge in [0.1, 0.15) is 0 Å². The maximum atomic E-state index is 12.0. The Morgan fingerprint density at radius 1 is 1.44 bits per heavy atom. The highest BCUT2D eigenvalue weighted by Crippen LogP contribution is 2.48. The molecule has 0 aliphatic heterocycles. The van der Waals surface area contributed by atoms with Crippen LogP contribution in [0.5, 0.6) is 0 Å². The minimum absolute atomic E-state index is 0.0687. The second-order valence-corrected chi connectivity index (χ2v) is 5.43. The van der Waals surface area contributed by atoms with Crippen LogP contribution in [-0.2, 0) is 14.3 Å². The zero-order chi connectivity index (χ0) is 13.4. The van der Waals surface area contributed by atoms with E-state index >= 15 is 0 Å². The van der Waals surface area contributed by atoms with Crippen LogP contribution in [-0.4, -0.2) is 23.7 Å². The van der Waals surface area contributed by atoms with E-state index in [-0.39, 0.29) is 23.3 Å². The summed E-state index contributed by atoms with van der Waals surface area (Å²) in [7, 11) is 0. The van der Waals surface area contributed by atoms with Crippen LogP contribution in [0.3, 0.4) is 0 Å². The quantitative estimate of drug-likeness (QED) is 0.613. The van der Waals surface area contributed by atoms with Gasteiger partial charge in [0.05, 0.1) is 17.8 Å². The van der Waals surface area contributed by atoms with Gasteiger partial charge in [-0.15, -0.1) is 0 Å². The van der Waals surface area contributed by atoms with Gasteiger partial charge in [-0.1, -0.05) is 25.5 Å². The minimum Gasteiger partial charge on any atom is -0.478 e. The third-order valence-electron chi connectivity index (χ3n) is 3.51. The number of hydrogen-bond donors (Lipinski definition) is 1. The second-order valence-electron chi connectivity index (χ2n) is 5.43. The van der Waals surface area contributed by atoms with Gasteiger partial charge in [-0.3, -0.25) is 0 Å². The van der Waals surface area contributed by atoms with E-state index in [2.05, 4.69) is 0 Å². The maximum Gasteiger partial charge on any atom is 0.335 e. The average molecular weight is 250 g/mol. The first-order valence-corrected chi connectivity index (χ1v) is 6.24. The van der Waals surface area contributed by atoms with Crippen LogP contribution in [0.2, 0.25) is 0 Å². The van der Waals surface area contributed by atoms with Crippen molar-refractivity contribution in [2.24, 2.45) is 17.8 Å². The van der Waals surface area contributed by atoms with E-state index in [1.165, 1.54) is 0 Å². The van der Waals surface area contributed by atoms with Crippen LogP contribution in [0.1, 0.15) is 27.2 Å². The molecule has 0 amide bonds. The van der Waals surface area contributed by atoms with Crippen molar-refractivity contribution in [1.82, 2.24) is 0 Å². The van der Waals surface area contributed by atoms with Crippen LogP contribution < -0.4 is 0 Å². The van der Waals surface area contributed by atoms with Crippen molar-refractivity contribution >= 4 is 11.9 Å². The molecule has 2 aliphatic rings. The third-order valence-corrected chi connectivity index (χ3v) is 3.51. The zero-order valence-electron chi connectivity index (χ0n) is 10.9. The number of aliphatic carboxylic acids is 1. The number of hydrogen-bond acceptors (Lipinski definition) is 3. The van der Waals surface area contributed by atoms with Gasteiger partial charge < -0.3 is 9.84 Å². The Balaban J connectivity index is 2.22. The van der Waals surface area contributed by atoms with Crippen LogP contribution in [0, 0.1) is 17.8 Å². The maximum absolute atomic E-state index is 12.0. The van der Waals surface area contributed by atoms with Crippen LogP contribution in [0.15, 0.2) is 22.8 Å². The summed E-state index contributed by atoms with van der Waals surface area (Å²) in [5.41, 5.74) is 1.66. The lowest BCUT2D eigenvalue weighted by atomic mass is 9.92. The number of carboxylic acids is 1. The third kappa shape index (κ3) is 2.07. The lowest BCUT2D eigenvalue weighted by Crippen LogP contribution is -2.20. The van der Waals surface area contributed by atoms with Gasteiger partial charge in [-0.05, 0) is 19.3 Å². The number of esters is 1. The molecule has 0 saturated heterocycles. The van der Waals surface area contributed by atoms with Crippen molar-refractivity contribution in [3.05, 3.63) is 22.8 Å². The van der Waals surface area contributed by atoms with E-state index in [1.807, 2.05) is 26.8 Å². The van der Waals surface area contributed by atoms with Crippen molar-refractivity contribution < 1.29 is 19.4 Å². The van der Waals surface area contributed by atoms with E-state index < -0.39 is 11.9 Å². The summed E-state index contributed by atoms with van der Waals surface area (Å²) in [4.78, 5) is 23.3. The molecule has 18 heavy (non-hydrogen) atoms. The van der Waals surface area contributed by atoms with Gasteiger partial charge in [0, 0.05) is 11.8 Å². The summed E-state index contributed by atoms with van der Waals surface area (Å²) in [6, 6.07) is 0. The molecule has 0 aromatic rings. The van der Waals surface area contributed by atoms with Crippen molar-refractivity contribution in [2.45, 2.75) is 27.2 Å². The van der Waals surface area contributed by atoms with Crippen LogP contribution in [0.25, 0.3) is 0 Å². The molecular formula is C14H18O4. The Morgan fingerprint density at radius 2 is 2.11 bits per heavy atom. The fourth-order valence-electron chi connectivity index (χ4n) is 2.72. The van der Waals surface area contributed by atoms with Gasteiger partial charge in [-0.2, -0.15) is 0 Å². The lowest BCUT2D eigenvalue weighted by Gasteiger charge is -2.16. The first kappa shape index (κ1) is 12.9. The first-order valence-electron chi connectivity index (χ1n) is 6.24. The molecule has 0 radical (unpaired) electrons. The predicted molar refractivity (Wildman–Crippen MR) is 65.8 cm³/mol. The summed E-state index contributed by atoms with van der Waals surface area (Å²) in [6.45, 7) is 6.15. The van der Waals surface area contributed by atoms with Crippen molar-refractivity contribution in [2.75, 3.05) is 6.61 Å². The molecule has 1 N–H and O–H groups in total. The Kier molecular flexibility index (Phi) is 3.28. The summed E-state index contributed by atoms with van der Waals surface area (Å²) < 4.78 is 5.17. The molecule has 4 heteroatoms. The molecule has 0 saturated carbocycles. The molecule has 2 unspecified atom stereocenters. The molecule has 98 valence electrons. The van der Waals surface area contributed by atoms with Crippen molar-refractivity contribution in [3.8, 4) is 0 Å². The van der Waals surface area contributed by atoms with Crippen molar-refractivity contribution in [1.29, 1.82) is 0 Å². The summed E-state index contributed by atoms with van der Waals surface area (Å²) in [6.07, 6.45) is 2.70. The fraction of sp³-hybridized carbons (Fsp3) is 0.571. The van der Waals surface area contributed by atoms with Crippen LogP contribution >= 0.6 is 0 Å². The van der Waals surface area contributed by atoms with Gasteiger partial charge >= 0.3 is 11.9 Å². The monoisotopic (exact) mass is 250 g/mol. The topological polar surface area (TPSA) is 63.6 Å². The van der Waals surface area contributed by atoms with Gasteiger partial charge in [0.2, 0.25) is 0 Å². The van der Waals surface area contributed by atoms with E-state index in [0.29, 0.717) is 18.6 Å². The Labute approximate surface area is 106 Å². The molecule has 2 aliphatic carbocycles. The molecule has 2 atom stereocenters. The number of rotatable bonds is 4. The summed E-state index contributed by atoms with van der Waals surface area (Å²) in [5.74, 6) is -1.38. The summed E-state index contributed by atoms with van der Waals surface area (Å²) >= 11 is 0. The standard InChI is InChI=1S/C14H18O4/c1-7(2)6-18-14(17)11-9-4-8(3)10(5-9)12(11)13(15)16/h4,7,9-10H,5-6H2,1-3H3,(H,15,16). The smallest absolute Gasteiger partial charge is 0.335 e. The Bertz CT molecular complexity index is 456. The highest BCUT2D eigenvalue weighted by Gasteiger charge is 2.44. The van der Waals surface area contributed by atoms with Gasteiger partial charge in [0.15, 0.2) is 0 Å². The second kappa shape index (κ2) is 4.59. The van der Waals surface area contributed by atoms with Crippen molar-refractivity contribution in [3.63, 3.8) is 0 Å². The highest BCUT2D eigenvalue weighted by atomic mass is 16.5. The van der Waals surface area contributed by atoms with E-state index in [9.17, 15) is 14.7 Å². The molecule has 0 aromatic heterocycles. The van der Waals surface area contributed by atoms with Gasteiger partial charge in [-0.25, -0.2) is 9.59 Å². The molecule has 0 aromatic carbocycles. The average Bonchev–Trinajstić information content (AvgIpc) is 2.81. The SMILES string of the molecule is CC1=CC2CC1C(C(=O)O)=C2C(=O)OCC(C)C. The highest BCUT2D eigenvalue weighted by molar-refractivity contribution is 6.02. The van der Waals surface area contributed by atoms with E-state index in [1.54, 1.807) is 0 Å². The predicted octanol–water partition coefficient (Wildman–Crippen LogP) is 2.16. The molecule has 2 rings (SSSR count). The number of carbonyl (C=O) groups is 2. The van der Waals surface area contributed by atoms with Gasteiger partial charge in [0.25, 0.3) is 0 Å². The normalized spacial score (nSPS) is 25.7. The molecule has 0 spiro atoms. The number of fused-ring (bicyclic) bond motifs is 2. The zero-order valence-corrected chi connectivity index (χ0v) is 10.9. The number of carbonyl (C=O) groups excluding carboxylic acids is 1. The minimum atomic E-state index is -0.994. The Morgan fingerprint density at radius 3 is 2.67 bits per heavy atom. The number of carboxylic acid groups (broad SMARTS) is 1.